The number of carboxylic acids is 1. The SMILES string of the molecule is O=C(O)c1cn(Cc2ccc(F)cc2)c2ccc(OCc3cccc4ccccc34)cc2c1=O. The number of carbonyl (C=O) groups is 1. The fourth-order valence-corrected chi connectivity index (χ4v) is 4.12. The molecule has 1 heterocycles. The van der Waals surface area contributed by atoms with Gasteiger partial charge in [-0.1, -0.05) is 54.6 Å². The Bertz CT molecular complexity index is 1580. The number of hydrogen-bond donors (Lipinski definition) is 1. The predicted molar refractivity (Wildman–Crippen MR) is 129 cm³/mol. The summed E-state index contributed by atoms with van der Waals surface area (Å²) in [7, 11) is 0. The summed E-state index contributed by atoms with van der Waals surface area (Å²) in [6.45, 7) is 0.586. The van der Waals surface area contributed by atoms with Gasteiger partial charge in [0.25, 0.3) is 0 Å². The molecule has 0 unspecified atom stereocenters. The first kappa shape index (κ1) is 21.4. The predicted octanol–water partition coefficient (Wildman–Crippen LogP) is 5.62. The highest BCUT2D eigenvalue weighted by atomic mass is 19.1. The van der Waals surface area contributed by atoms with Gasteiger partial charge in [-0.05, 0) is 52.2 Å². The summed E-state index contributed by atoms with van der Waals surface area (Å²) in [5.41, 5.74) is 1.44. The molecule has 0 aliphatic carbocycles. The van der Waals surface area contributed by atoms with Crippen LogP contribution in [0.15, 0.2) is 95.9 Å². The average molecular weight is 453 g/mol. The van der Waals surface area contributed by atoms with Gasteiger partial charge in [-0.15, -0.1) is 0 Å². The normalized spacial score (nSPS) is 11.1. The van der Waals surface area contributed by atoms with E-state index in [0.717, 1.165) is 21.9 Å². The number of benzene rings is 4. The molecule has 0 aliphatic rings. The van der Waals surface area contributed by atoms with Gasteiger partial charge in [-0.3, -0.25) is 4.79 Å². The van der Waals surface area contributed by atoms with E-state index >= 15 is 0 Å². The van der Waals surface area contributed by atoms with Gasteiger partial charge >= 0.3 is 5.97 Å². The van der Waals surface area contributed by atoms with Gasteiger partial charge in [0.05, 0.1) is 10.9 Å². The number of rotatable bonds is 6. The largest absolute Gasteiger partial charge is 0.489 e. The van der Waals surface area contributed by atoms with Gasteiger partial charge in [0.1, 0.15) is 23.7 Å². The summed E-state index contributed by atoms with van der Waals surface area (Å²) in [4.78, 5) is 24.7. The lowest BCUT2D eigenvalue weighted by Crippen LogP contribution is -2.19. The molecule has 0 fully saturated rings. The highest BCUT2D eigenvalue weighted by molar-refractivity contribution is 5.93. The van der Waals surface area contributed by atoms with E-state index in [2.05, 4.69) is 0 Å². The summed E-state index contributed by atoms with van der Waals surface area (Å²) in [5, 5.41) is 12.0. The molecule has 0 radical (unpaired) electrons. The number of pyridine rings is 1. The van der Waals surface area contributed by atoms with E-state index < -0.39 is 11.4 Å². The van der Waals surface area contributed by atoms with Crippen LogP contribution in [0.25, 0.3) is 21.7 Å². The van der Waals surface area contributed by atoms with Gasteiger partial charge in [0, 0.05) is 12.7 Å². The zero-order chi connectivity index (χ0) is 23.7. The van der Waals surface area contributed by atoms with E-state index in [-0.39, 0.29) is 23.3 Å². The molecule has 0 aliphatic heterocycles. The molecule has 6 heteroatoms. The molecule has 0 spiro atoms. The Balaban J connectivity index is 1.52. The second-order valence-corrected chi connectivity index (χ2v) is 8.04. The van der Waals surface area contributed by atoms with Crippen LogP contribution >= 0.6 is 0 Å². The van der Waals surface area contributed by atoms with Crippen LogP contribution < -0.4 is 10.2 Å². The third kappa shape index (κ3) is 4.13. The molecule has 5 aromatic rings. The number of carboxylic acid groups (broad SMARTS) is 1. The second-order valence-electron chi connectivity index (χ2n) is 8.04. The van der Waals surface area contributed by atoms with Crippen molar-refractivity contribution in [3.8, 4) is 5.75 Å². The van der Waals surface area contributed by atoms with Gasteiger partial charge in [0.15, 0.2) is 0 Å². The van der Waals surface area contributed by atoms with Crippen molar-refractivity contribution in [2.45, 2.75) is 13.2 Å². The number of aromatic nitrogens is 1. The van der Waals surface area contributed by atoms with Crippen LogP contribution in [0.2, 0.25) is 0 Å². The quantitative estimate of drug-likeness (QED) is 0.362. The summed E-state index contributed by atoms with van der Waals surface area (Å²) < 4.78 is 21.0. The lowest BCUT2D eigenvalue weighted by Gasteiger charge is -2.14. The van der Waals surface area contributed by atoms with Crippen LogP contribution in [-0.2, 0) is 13.2 Å². The Labute approximate surface area is 194 Å². The molecule has 0 saturated heterocycles. The first-order valence-corrected chi connectivity index (χ1v) is 10.7. The Morgan fingerprint density at radius 2 is 1.68 bits per heavy atom. The lowest BCUT2D eigenvalue weighted by molar-refractivity contribution is 0.0695. The van der Waals surface area contributed by atoms with Crippen molar-refractivity contribution in [3.05, 3.63) is 124 Å². The number of fused-ring (bicyclic) bond motifs is 2. The fourth-order valence-electron chi connectivity index (χ4n) is 4.12. The minimum absolute atomic E-state index is 0.248. The van der Waals surface area contributed by atoms with Crippen LogP contribution in [0, 0.1) is 5.82 Å². The minimum atomic E-state index is -1.30. The zero-order valence-electron chi connectivity index (χ0n) is 18.1. The van der Waals surface area contributed by atoms with Crippen molar-refractivity contribution in [1.29, 1.82) is 0 Å². The minimum Gasteiger partial charge on any atom is -0.489 e. The summed E-state index contributed by atoms with van der Waals surface area (Å²) in [6, 6.07) is 25.0. The molecule has 168 valence electrons. The Kier molecular flexibility index (Phi) is 5.55. The number of hydrogen-bond acceptors (Lipinski definition) is 3. The van der Waals surface area contributed by atoms with E-state index in [1.54, 1.807) is 34.9 Å². The number of halogens is 1. The third-order valence-electron chi connectivity index (χ3n) is 5.82. The van der Waals surface area contributed by atoms with E-state index in [4.69, 9.17) is 4.74 Å². The Morgan fingerprint density at radius 3 is 2.47 bits per heavy atom. The van der Waals surface area contributed by atoms with E-state index in [0.29, 0.717) is 17.9 Å². The van der Waals surface area contributed by atoms with Crippen molar-refractivity contribution in [1.82, 2.24) is 4.57 Å². The van der Waals surface area contributed by atoms with E-state index in [1.807, 2.05) is 42.5 Å². The van der Waals surface area contributed by atoms with Gasteiger partial charge in [0.2, 0.25) is 5.43 Å². The molecule has 4 aromatic carbocycles. The van der Waals surface area contributed by atoms with Crippen molar-refractivity contribution in [2.75, 3.05) is 0 Å². The van der Waals surface area contributed by atoms with Gasteiger partial charge < -0.3 is 14.4 Å². The standard InChI is InChI=1S/C28H20FNO4/c29-21-10-8-18(9-11-21)15-30-16-25(28(32)33)27(31)24-14-22(12-13-26(24)30)34-17-20-6-3-5-19-4-1-2-7-23(19)20/h1-14,16H,15,17H2,(H,32,33). The molecular weight excluding hydrogens is 433 g/mol. The molecule has 1 aromatic heterocycles. The molecule has 0 bridgehead atoms. The number of aromatic carboxylic acids is 1. The molecule has 1 N–H and O–H groups in total. The molecule has 5 nitrogen and oxygen atoms in total. The molecule has 0 atom stereocenters. The first-order chi connectivity index (χ1) is 16.5. The number of ether oxygens (including phenoxy) is 1. The van der Waals surface area contributed by atoms with E-state index in [1.165, 1.54) is 18.3 Å². The van der Waals surface area contributed by atoms with Crippen molar-refractivity contribution in [2.24, 2.45) is 0 Å². The second kappa shape index (κ2) is 8.83. The third-order valence-corrected chi connectivity index (χ3v) is 5.82. The summed E-state index contributed by atoms with van der Waals surface area (Å²) in [6.07, 6.45) is 1.33. The topological polar surface area (TPSA) is 68.5 Å². The monoisotopic (exact) mass is 453 g/mol. The smallest absolute Gasteiger partial charge is 0.341 e. The van der Waals surface area contributed by atoms with Crippen molar-refractivity contribution in [3.63, 3.8) is 0 Å². The summed E-state index contributed by atoms with van der Waals surface area (Å²) >= 11 is 0. The lowest BCUT2D eigenvalue weighted by atomic mass is 10.1. The molecular formula is C28H20FNO4. The van der Waals surface area contributed by atoms with Crippen LogP contribution in [0.3, 0.4) is 0 Å². The molecule has 34 heavy (non-hydrogen) atoms. The van der Waals surface area contributed by atoms with Gasteiger partial charge in [-0.25, -0.2) is 9.18 Å². The van der Waals surface area contributed by atoms with Crippen molar-refractivity contribution < 1.29 is 19.0 Å². The maximum absolute atomic E-state index is 13.3. The molecule has 0 amide bonds. The highest BCUT2D eigenvalue weighted by Gasteiger charge is 2.16. The zero-order valence-corrected chi connectivity index (χ0v) is 18.1. The van der Waals surface area contributed by atoms with Crippen LogP contribution in [0.4, 0.5) is 4.39 Å². The highest BCUT2D eigenvalue weighted by Crippen LogP contribution is 2.24. The summed E-state index contributed by atoms with van der Waals surface area (Å²) in [5.74, 6) is -1.19. The molecule has 5 rings (SSSR count). The van der Waals surface area contributed by atoms with Crippen molar-refractivity contribution >= 4 is 27.6 Å². The average Bonchev–Trinajstić information content (AvgIpc) is 2.85. The Morgan fingerprint density at radius 1 is 0.912 bits per heavy atom. The molecule has 0 saturated carbocycles. The van der Waals surface area contributed by atoms with Crippen LogP contribution in [0.1, 0.15) is 21.5 Å². The maximum Gasteiger partial charge on any atom is 0.341 e. The number of nitrogens with zero attached hydrogens (tertiary/aromatic N) is 1. The first-order valence-electron chi connectivity index (χ1n) is 10.7. The fraction of sp³-hybridized carbons (Fsp3) is 0.0714. The van der Waals surface area contributed by atoms with Crippen LogP contribution in [0.5, 0.6) is 5.75 Å². The van der Waals surface area contributed by atoms with E-state index in [9.17, 15) is 19.1 Å². The van der Waals surface area contributed by atoms with Gasteiger partial charge in [-0.2, -0.15) is 0 Å². The maximum atomic E-state index is 13.3. The Hall–Kier alpha value is -4.45. The van der Waals surface area contributed by atoms with Crippen LogP contribution in [-0.4, -0.2) is 15.6 Å².